The zero-order chi connectivity index (χ0) is 17.7. The normalized spacial score (nSPS) is 16.5. The van der Waals surface area contributed by atoms with E-state index in [0.29, 0.717) is 13.0 Å². The molecular formula is C17H22N2O5. The molecule has 0 N–H and O–H groups in total. The summed E-state index contributed by atoms with van der Waals surface area (Å²) in [5.74, 6) is -2.71. The molecule has 0 spiro atoms. The highest BCUT2D eigenvalue weighted by Gasteiger charge is 2.43. The first kappa shape index (κ1) is 17.9. The average molecular weight is 334 g/mol. The third-order valence-corrected chi connectivity index (χ3v) is 4.04. The largest absolute Gasteiger partial charge is 0.465 e. The van der Waals surface area contributed by atoms with Crippen molar-refractivity contribution in [2.45, 2.75) is 39.8 Å². The van der Waals surface area contributed by atoms with Crippen molar-refractivity contribution in [2.24, 2.45) is 5.92 Å². The van der Waals surface area contributed by atoms with Gasteiger partial charge in [0.1, 0.15) is 0 Å². The molecule has 7 nitrogen and oxygen atoms in total. The predicted molar refractivity (Wildman–Crippen MR) is 84.7 cm³/mol. The summed E-state index contributed by atoms with van der Waals surface area (Å²) in [5, 5.41) is 0. The van der Waals surface area contributed by atoms with Crippen molar-refractivity contribution in [3.63, 3.8) is 0 Å². The van der Waals surface area contributed by atoms with E-state index in [4.69, 9.17) is 9.47 Å². The average Bonchev–Trinajstić information content (AvgIpc) is 2.54. The maximum Gasteiger partial charge on any atom is 0.322 e. The molecule has 1 aromatic heterocycles. The SMILES string of the molecule is CCOC(=O)C(C(=O)OCC)C1Cc2cnccc2CN1C(C)=O. The van der Waals surface area contributed by atoms with E-state index in [2.05, 4.69) is 4.98 Å². The Balaban J connectivity index is 2.39. The molecule has 2 rings (SSSR count). The Morgan fingerprint density at radius 1 is 1.21 bits per heavy atom. The van der Waals surface area contributed by atoms with Gasteiger partial charge in [0.05, 0.1) is 19.3 Å². The highest BCUT2D eigenvalue weighted by Crippen LogP contribution is 2.28. The van der Waals surface area contributed by atoms with E-state index in [0.717, 1.165) is 11.1 Å². The van der Waals surface area contributed by atoms with Crippen molar-refractivity contribution < 1.29 is 23.9 Å². The molecule has 0 saturated carbocycles. The third kappa shape index (κ3) is 3.72. The van der Waals surface area contributed by atoms with Gasteiger partial charge in [-0.3, -0.25) is 19.4 Å². The number of rotatable bonds is 5. The smallest absolute Gasteiger partial charge is 0.322 e. The Labute approximate surface area is 140 Å². The van der Waals surface area contributed by atoms with E-state index in [1.54, 1.807) is 26.2 Å². The van der Waals surface area contributed by atoms with E-state index in [1.807, 2.05) is 6.07 Å². The molecule has 24 heavy (non-hydrogen) atoms. The van der Waals surface area contributed by atoms with Gasteiger partial charge in [0, 0.05) is 25.9 Å². The maximum atomic E-state index is 12.4. The van der Waals surface area contributed by atoms with Crippen LogP contribution >= 0.6 is 0 Å². The molecule has 1 amide bonds. The van der Waals surface area contributed by atoms with Crippen LogP contribution in [0.5, 0.6) is 0 Å². The second-order valence-corrected chi connectivity index (χ2v) is 5.54. The third-order valence-electron chi connectivity index (χ3n) is 4.04. The van der Waals surface area contributed by atoms with Crippen LogP contribution in [0.25, 0.3) is 0 Å². The standard InChI is InChI=1S/C17H22N2O5/c1-4-23-16(21)15(17(22)24-5-2)14-8-13-9-18-7-6-12(13)10-19(14)11(3)20/h6-7,9,14-15H,4-5,8,10H2,1-3H3. The quantitative estimate of drug-likeness (QED) is 0.592. The number of esters is 2. The number of pyridine rings is 1. The van der Waals surface area contributed by atoms with Crippen molar-refractivity contribution in [1.82, 2.24) is 9.88 Å². The van der Waals surface area contributed by atoms with Gasteiger partial charge < -0.3 is 14.4 Å². The molecule has 1 aromatic rings. The van der Waals surface area contributed by atoms with Gasteiger partial charge in [0.15, 0.2) is 5.92 Å². The second kappa shape index (κ2) is 7.90. The fourth-order valence-corrected chi connectivity index (χ4v) is 2.95. The molecule has 0 radical (unpaired) electrons. The lowest BCUT2D eigenvalue weighted by molar-refractivity contribution is -0.166. The molecule has 1 aliphatic rings. The molecule has 0 aliphatic carbocycles. The number of aromatic nitrogens is 1. The fraction of sp³-hybridized carbons (Fsp3) is 0.529. The van der Waals surface area contributed by atoms with Crippen LogP contribution in [0, 0.1) is 5.92 Å². The first-order valence-electron chi connectivity index (χ1n) is 8.01. The maximum absolute atomic E-state index is 12.4. The van der Waals surface area contributed by atoms with Gasteiger partial charge in [0.2, 0.25) is 5.91 Å². The number of nitrogens with zero attached hydrogens (tertiary/aromatic N) is 2. The predicted octanol–water partition coefficient (Wildman–Crippen LogP) is 1.10. The lowest BCUT2D eigenvalue weighted by Gasteiger charge is -2.38. The Morgan fingerprint density at radius 2 is 1.83 bits per heavy atom. The summed E-state index contributed by atoms with van der Waals surface area (Å²) in [5.41, 5.74) is 1.88. The van der Waals surface area contributed by atoms with Crippen LogP contribution in [0.1, 0.15) is 31.9 Å². The van der Waals surface area contributed by atoms with Crippen LogP contribution < -0.4 is 0 Å². The number of fused-ring (bicyclic) bond motifs is 1. The van der Waals surface area contributed by atoms with Crippen molar-refractivity contribution >= 4 is 17.8 Å². The van der Waals surface area contributed by atoms with Crippen LogP contribution in [0.3, 0.4) is 0 Å². The van der Waals surface area contributed by atoms with Gasteiger partial charge >= 0.3 is 11.9 Å². The van der Waals surface area contributed by atoms with Gasteiger partial charge in [-0.05, 0) is 37.5 Å². The molecule has 2 heterocycles. The van der Waals surface area contributed by atoms with Crippen molar-refractivity contribution in [1.29, 1.82) is 0 Å². The summed E-state index contributed by atoms with van der Waals surface area (Å²) in [6.45, 7) is 5.39. The minimum atomic E-state index is -1.16. The Morgan fingerprint density at radius 3 is 2.38 bits per heavy atom. The first-order chi connectivity index (χ1) is 11.5. The molecule has 7 heteroatoms. The molecular weight excluding hydrogens is 312 g/mol. The molecule has 0 fully saturated rings. The number of hydrogen-bond donors (Lipinski definition) is 0. The van der Waals surface area contributed by atoms with Crippen molar-refractivity contribution in [3.05, 3.63) is 29.6 Å². The van der Waals surface area contributed by atoms with Gasteiger partial charge in [-0.2, -0.15) is 0 Å². The minimum Gasteiger partial charge on any atom is -0.465 e. The van der Waals surface area contributed by atoms with Crippen LogP contribution in [0.15, 0.2) is 18.5 Å². The van der Waals surface area contributed by atoms with Crippen molar-refractivity contribution in [2.75, 3.05) is 13.2 Å². The zero-order valence-corrected chi connectivity index (χ0v) is 14.2. The molecule has 0 aromatic carbocycles. The number of carbonyl (C=O) groups excluding carboxylic acids is 3. The van der Waals surface area contributed by atoms with Gasteiger partial charge in [-0.25, -0.2) is 0 Å². The number of ether oxygens (including phenoxy) is 2. The second-order valence-electron chi connectivity index (χ2n) is 5.54. The summed E-state index contributed by atoms with van der Waals surface area (Å²) in [6, 6.07) is 1.20. The van der Waals surface area contributed by atoms with Gasteiger partial charge in [0.25, 0.3) is 0 Å². The Hall–Kier alpha value is -2.44. The molecule has 1 unspecified atom stereocenters. The van der Waals surface area contributed by atoms with E-state index >= 15 is 0 Å². The van der Waals surface area contributed by atoms with E-state index in [-0.39, 0.29) is 19.1 Å². The lowest BCUT2D eigenvalue weighted by Crippen LogP contribution is -2.52. The zero-order valence-electron chi connectivity index (χ0n) is 14.2. The fourth-order valence-electron chi connectivity index (χ4n) is 2.95. The van der Waals surface area contributed by atoms with E-state index in [9.17, 15) is 14.4 Å². The Kier molecular flexibility index (Phi) is 5.89. The number of carbonyl (C=O) groups is 3. The highest BCUT2D eigenvalue weighted by atomic mass is 16.6. The summed E-state index contributed by atoms with van der Waals surface area (Å²) in [7, 11) is 0. The summed E-state index contributed by atoms with van der Waals surface area (Å²) in [6.07, 6.45) is 3.71. The van der Waals surface area contributed by atoms with E-state index < -0.39 is 23.9 Å². The van der Waals surface area contributed by atoms with Crippen molar-refractivity contribution in [3.8, 4) is 0 Å². The highest BCUT2D eigenvalue weighted by molar-refractivity contribution is 5.96. The van der Waals surface area contributed by atoms with Gasteiger partial charge in [-0.1, -0.05) is 0 Å². The van der Waals surface area contributed by atoms with E-state index in [1.165, 1.54) is 11.8 Å². The molecule has 1 aliphatic heterocycles. The summed E-state index contributed by atoms with van der Waals surface area (Å²) in [4.78, 5) is 42.4. The monoisotopic (exact) mass is 334 g/mol. The van der Waals surface area contributed by atoms with Crippen LogP contribution in [0.4, 0.5) is 0 Å². The molecule has 0 saturated heterocycles. The number of amides is 1. The molecule has 130 valence electrons. The first-order valence-corrected chi connectivity index (χ1v) is 8.01. The van der Waals surface area contributed by atoms with Crippen LogP contribution in [0.2, 0.25) is 0 Å². The molecule has 0 bridgehead atoms. The minimum absolute atomic E-state index is 0.152. The number of hydrogen-bond acceptors (Lipinski definition) is 6. The van der Waals surface area contributed by atoms with Crippen LogP contribution in [-0.2, 0) is 36.8 Å². The lowest BCUT2D eigenvalue weighted by atomic mass is 9.87. The Bertz CT molecular complexity index is 613. The van der Waals surface area contributed by atoms with Crippen LogP contribution in [-0.4, -0.2) is 47.0 Å². The topological polar surface area (TPSA) is 85.8 Å². The summed E-state index contributed by atoms with van der Waals surface area (Å²) >= 11 is 0. The molecule has 1 atom stereocenters. The van der Waals surface area contributed by atoms with Gasteiger partial charge in [-0.15, -0.1) is 0 Å². The summed E-state index contributed by atoms with van der Waals surface area (Å²) < 4.78 is 10.1.